The lowest BCUT2D eigenvalue weighted by Crippen LogP contribution is -2.14. The van der Waals surface area contributed by atoms with Crippen molar-refractivity contribution >= 4 is 17.6 Å². The second-order valence-electron chi connectivity index (χ2n) is 7.05. The molecule has 4 rings (SSSR count). The predicted octanol–water partition coefficient (Wildman–Crippen LogP) is 4.53. The summed E-state index contributed by atoms with van der Waals surface area (Å²) in [7, 11) is 3.20. The summed E-state index contributed by atoms with van der Waals surface area (Å²) in [6, 6.07) is 5.60. The number of aryl methyl sites for hydroxylation is 1. The molecule has 0 amide bonds. The number of benzene rings is 1. The number of carbonyl (C=O) groups is 1. The van der Waals surface area contributed by atoms with Crippen LogP contribution in [-0.4, -0.2) is 36.5 Å². The number of methoxy groups -OCH3 is 2. The lowest BCUT2D eigenvalue weighted by atomic mass is 10.1. The van der Waals surface area contributed by atoms with E-state index in [9.17, 15) is 4.79 Å². The number of fused-ring (bicyclic) bond motifs is 3. The normalized spacial score (nSPS) is 12.7. The average Bonchev–Trinajstić information content (AvgIpc) is 3.24. The third-order valence-corrected chi connectivity index (χ3v) is 5.66. The van der Waals surface area contributed by atoms with Crippen molar-refractivity contribution in [1.29, 1.82) is 0 Å². The quantitative estimate of drug-likeness (QED) is 0.535. The van der Waals surface area contributed by atoms with Crippen LogP contribution in [0.2, 0.25) is 5.02 Å². The highest BCUT2D eigenvalue weighted by atomic mass is 35.5. The van der Waals surface area contributed by atoms with Gasteiger partial charge in [0, 0.05) is 23.7 Å². The summed E-state index contributed by atoms with van der Waals surface area (Å²) >= 11 is 6.73. The first-order valence-corrected chi connectivity index (χ1v) is 10.2. The van der Waals surface area contributed by atoms with Gasteiger partial charge in [0.15, 0.2) is 5.76 Å². The molecule has 0 unspecified atom stereocenters. The summed E-state index contributed by atoms with van der Waals surface area (Å²) in [4.78, 5) is 12.9. The van der Waals surface area contributed by atoms with E-state index in [1.54, 1.807) is 33.4 Å². The minimum absolute atomic E-state index is 0.256. The Kier molecular flexibility index (Phi) is 5.72. The van der Waals surface area contributed by atoms with Gasteiger partial charge in [-0.3, -0.25) is 0 Å². The SMILES string of the molecule is CCOC(=O)c1c(Cl)c2c(n1Cc1cc(OC)cc(OC)c1)-c1oncc1CCC2. The summed E-state index contributed by atoms with van der Waals surface area (Å²) in [5.74, 6) is 1.50. The first kappa shape index (κ1) is 20.3. The zero-order chi connectivity index (χ0) is 21.3. The van der Waals surface area contributed by atoms with Gasteiger partial charge in [-0.15, -0.1) is 0 Å². The van der Waals surface area contributed by atoms with Crippen molar-refractivity contribution < 1.29 is 23.5 Å². The Morgan fingerprint density at radius 1 is 1.20 bits per heavy atom. The fourth-order valence-electron chi connectivity index (χ4n) is 3.91. The highest BCUT2D eigenvalue weighted by Crippen LogP contribution is 2.41. The molecule has 0 radical (unpaired) electrons. The molecule has 0 bridgehead atoms. The van der Waals surface area contributed by atoms with E-state index in [4.69, 9.17) is 30.3 Å². The second-order valence-corrected chi connectivity index (χ2v) is 7.43. The van der Waals surface area contributed by atoms with Crippen molar-refractivity contribution in [3.8, 4) is 23.0 Å². The number of hydrogen-bond donors (Lipinski definition) is 0. The van der Waals surface area contributed by atoms with Crippen LogP contribution in [-0.2, 0) is 24.1 Å². The summed E-state index contributed by atoms with van der Waals surface area (Å²) in [6.45, 7) is 2.38. The molecule has 1 aliphatic rings. The first-order valence-electron chi connectivity index (χ1n) is 9.81. The smallest absolute Gasteiger partial charge is 0.356 e. The molecule has 8 heteroatoms. The molecule has 0 fully saturated rings. The van der Waals surface area contributed by atoms with Crippen molar-refractivity contribution in [2.24, 2.45) is 0 Å². The van der Waals surface area contributed by atoms with Gasteiger partial charge in [-0.1, -0.05) is 16.8 Å². The van der Waals surface area contributed by atoms with E-state index in [1.165, 1.54) is 0 Å². The minimum atomic E-state index is -0.466. The number of rotatable bonds is 6. The van der Waals surface area contributed by atoms with E-state index in [0.717, 1.165) is 41.6 Å². The van der Waals surface area contributed by atoms with Crippen LogP contribution < -0.4 is 9.47 Å². The minimum Gasteiger partial charge on any atom is -0.497 e. The number of ether oxygens (including phenoxy) is 3. The lowest BCUT2D eigenvalue weighted by molar-refractivity contribution is 0.0515. The van der Waals surface area contributed by atoms with E-state index in [1.807, 2.05) is 16.7 Å². The molecule has 0 saturated heterocycles. The van der Waals surface area contributed by atoms with Crippen LogP contribution in [0.25, 0.3) is 11.5 Å². The Balaban J connectivity index is 1.92. The van der Waals surface area contributed by atoms with Gasteiger partial charge in [0.2, 0.25) is 0 Å². The third kappa shape index (κ3) is 3.54. The molecule has 0 saturated carbocycles. The Morgan fingerprint density at radius 3 is 2.60 bits per heavy atom. The Morgan fingerprint density at radius 2 is 1.93 bits per heavy atom. The molecular weight excluding hydrogens is 408 g/mol. The summed E-state index contributed by atoms with van der Waals surface area (Å²) < 4.78 is 23.6. The van der Waals surface area contributed by atoms with Crippen LogP contribution in [0.1, 0.15) is 40.5 Å². The molecule has 7 nitrogen and oxygen atoms in total. The first-order chi connectivity index (χ1) is 14.6. The number of esters is 1. The summed E-state index contributed by atoms with van der Waals surface area (Å²) in [5, 5.41) is 4.38. The van der Waals surface area contributed by atoms with E-state index in [2.05, 4.69) is 5.16 Å². The van der Waals surface area contributed by atoms with E-state index >= 15 is 0 Å². The molecule has 0 atom stereocenters. The van der Waals surface area contributed by atoms with Gasteiger partial charge < -0.3 is 23.3 Å². The van der Waals surface area contributed by atoms with Crippen molar-refractivity contribution in [2.45, 2.75) is 32.7 Å². The van der Waals surface area contributed by atoms with Gasteiger partial charge in [0.25, 0.3) is 0 Å². The van der Waals surface area contributed by atoms with Crippen LogP contribution >= 0.6 is 11.6 Å². The summed E-state index contributed by atoms with van der Waals surface area (Å²) in [6.07, 6.45) is 4.19. The molecule has 158 valence electrons. The number of aromatic nitrogens is 2. The Bertz CT molecular complexity index is 1060. The van der Waals surface area contributed by atoms with Gasteiger partial charge in [-0.25, -0.2) is 4.79 Å². The molecule has 0 spiro atoms. The molecule has 1 aliphatic carbocycles. The zero-order valence-corrected chi connectivity index (χ0v) is 17.9. The van der Waals surface area contributed by atoms with E-state index < -0.39 is 5.97 Å². The molecule has 0 N–H and O–H groups in total. The molecule has 0 aliphatic heterocycles. The van der Waals surface area contributed by atoms with Gasteiger partial charge in [-0.05, 0) is 43.9 Å². The molecule has 1 aromatic carbocycles. The largest absolute Gasteiger partial charge is 0.497 e. The summed E-state index contributed by atoms with van der Waals surface area (Å²) in [5.41, 5.74) is 3.86. The third-order valence-electron chi connectivity index (χ3n) is 5.25. The number of halogens is 1. The van der Waals surface area contributed by atoms with Gasteiger partial charge >= 0.3 is 5.97 Å². The topological polar surface area (TPSA) is 75.7 Å². The molecule has 2 heterocycles. The van der Waals surface area contributed by atoms with Crippen LogP contribution in [0.4, 0.5) is 0 Å². The average molecular weight is 431 g/mol. The Hall–Kier alpha value is -2.93. The van der Waals surface area contributed by atoms with Crippen LogP contribution in [0.15, 0.2) is 28.9 Å². The van der Waals surface area contributed by atoms with Crippen molar-refractivity contribution in [3.05, 3.63) is 51.8 Å². The van der Waals surface area contributed by atoms with Gasteiger partial charge in [0.05, 0.1) is 37.7 Å². The van der Waals surface area contributed by atoms with Gasteiger partial charge in [0.1, 0.15) is 17.2 Å². The molecule has 30 heavy (non-hydrogen) atoms. The maximum absolute atomic E-state index is 12.9. The molecule has 3 aromatic rings. The molecular formula is C22H23ClN2O5. The maximum atomic E-state index is 12.9. The fraction of sp³-hybridized carbons (Fsp3) is 0.364. The monoisotopic (exact) mass is 430 g/mol. The Labute approximate surface area is 179 Å². The number of carbonyl (C=O) groups excluding carboxylic acids is 1. The van der Waals surface area contributed by atoms with Crippen LogP contribution in [0, 0.1) is 0 Å². The number of hydrogen-bond acceptors (Lipinski definition) is 6. The number of nitrogens with zero attached hydrogens (tertiary/aromatic N) is 2. The van der Waals surface area contributed by atoms with Crippen molar-refractivity contribution in [3.63, 3.8) is 0 Å². The lowest BCUT2D eigenvalue weighted by Gasteiger charge is -2.14. The van der Waals surface area contributed by atoms with Gasteiger partial charge in [-0.2, -0.15) is 0 Å². The van der Waals surface area contributed by atoms with Crippen LogP contribution in [0.3, 0.4) is 0 Å². The van der Waals surface area contributed by atoms with E-state index in [0.29, 0.717) is 34.5 Å². The molecule has 2 aromatic heterocycles. The second kappa shape index (κ2) is 8.44. The zero-order valence-electron chi connectivity index (χ0n) is 17.2. The van der Waals surface area contributed by atoms with E-state index in [-0.39, 0.29) is 6.61 Å². The highest BCUT2D eigenvalue weighted by Gasteiger charge is 2.32. The maximum Gasteiger partial charge on any atom is 0.356 e. The highest BCUT2D eigenvalue weighted by molar-refractivity contribution is 6.34. The van der Waals surface area contributed by atoms with Crippen LogP contribution in [0.5, 0.6) is 11.5 Å². The van der Waals surface area contributed by atoms with Crippen molar-refractivity contribution in [2.75, 3.05) is 20.8 Å². The predicted molar refractivity (Wildman–Crippen MR) is 112 cm³/mol. The fourth-order valence-corrected chi connectivity index (χ4v) is 4.28. The van der Waals surface area contributed by atoms with Crippen molar-refractivity contribution in [1.82, 2.24) is 9.72 Å². The standard InChI is InChI=1S/C22H23ClN2O5/c1-4-29-22(26)20-18(23)17-7-5-6-14-11-24-30-21(14)19(17)25(20)12-13-8-15(27-2)10-16(9-13)28-3/h8-11H,4-7,12H2,1-3H3.